The van der Waals surface area contributed by atoms with E-state index in [4.69, 9.17) is 4.74 Å². The molecule has 1 rings (SSSR count). The zero-order valence-electron chi connectivity index (χ0n) is 10.8. The molecule has 0 radical (unpaired) electrons. The second-order valence-electron chi connectivity index (χ2n) is 3.93. The Balaban J connectivity index is 3.24. The molecule has 1 aromatic carbocycles. The molecule has 0 bridgehead atoms. The van der Waals surface area contributed by atoms with Crippen LogP contribution in [0.4, 0.5) is 0 Å². The molecular formula is C14H17BrO3. The summed E-state index contributed by atoms with van der Waals surface area (Å²) in [6.07, 6.45) is 0.810. The molecule has 0 saturated heterocycles. The van der Waals surface area contributed by atoms with E-state index in [1.807, 2.05) is 13.0 Å². The maximum atomic E-state index is 12.0. The van der Waals surface area contributed by atoms with E-state index in [0.29, 0.717) is 17.7 Å². The van der Waals surface area contributed by atoms with Crippen molar-refractivity contribution in [3.8, 4) is 0 Å². The number of carbonyl (C=O) groups is 2. The predicted octanol–water partition coefficient (Wildman–Crippen LogP) is 3.39. The first-order chi connectivity index (χ1) is 8.51. The van der Waals surface area contributed by atoms with E-state index in [0.717, 1.165) is 12.0 Å². The molecule has 0 aliphatic carbocycles. The number of hydrogen-bond donors (Lipinski definition) is 0. The summed E-state index contributed by atoms with van der Waals surface area (Å²) < 4.78 is 4.99. The van der Waals surface area contributed by atoms with Crippen molar-refractivity contribution in [3.63, 3.8) is 0 Å². The molecule has 1 atom stereocenters. The maximum absolute atomic E-state index is 12.0. The van der Waals surface area contributed by atoms with Gasteiger partial charge in [-0.15, -0.1) is 0 Å². The van der Waals surface area contributed by atoms with Crippen molar-refractivity contribution in [1.29, 1.82) is 0 Å². The topological polar surface area (TPSA) is 43.4 Å². The minimum atomic E-state index is -0.440. The molecule has 1 unspecified atom stereocenters. The van der Waals surface area contributed by atoms with Crippen LogP contribution in [0.15, 0.2) is 18.2 Å². The van der Waals surface area contributed by atoms with Crippen molar-refractivity contribution in [2.75, 3.05) is 6.61 Å². The Morgan fingerprint density at radius 2 is 1.94 bits per heavy atom. The molecule has 0 N–H and O–H groups in total. The Kier molecular flexibility index (Phi) is 5.54. The third-order valence-electron chi connectivity index (χ3n) is 2.61. The van der Waals surface area contributed by atoms with Crippen LogP contribution in [-0.4, -0.2) is 23.2 Å². The Hall–Kier alpha value is -1.16. The number of alkyl halides is 1. The van der Waals surface area contributed by atoms with Gasteiger partial charge in [0.1, 0.15) is 0 Å². The van der Waals surface area contributed by atoms with Crippen LogP contribution >= 0.6 is 15.9 Å². The number of halogens is 1. The van der Waals surface area contributed by atoms with Gasteiger partial charge in [0.05, 0.1) is 17.0 Å². The van der Waals surface area contributed by atoms with Gasteiger partial charge in [-0.2, -0.15) is 0 Å². The molecule has 98 valence electrons. The van der Waals surface area contributed by atoms with E-state index < -0.39 is 5.97 Å². The standard InChI is InChI=1S/C14H17BrO3/c1-4-10-6-7-11(13(16)9(3)15)12(8-10)14(17)18-5-2/h6-9H,4-5H2,1-3H3. The molecule has 4 heteroatoms. The minimum Gasteiger partial charge on any atom is -0.462 e. The van der Waals surface area contributed by atoms with Crippen molar-refractivity contribution in [1.82, 2.24) is 0 Å². The van der Waals surface area contributed by atoms with Crippen LogP contribution in [-0.2, 0) is 11.2 Å². The van der Waals surface area contributed by atoms with Gasteiger partial charge in [0.2, 0.25) is 0 Å². The highest BCUT2D eigenvalue weighted by atomic mass is 79.9. The number of rotatable bonds is 5. The number of ether oxygens (including phenoxy) is 1. The quantitative estimate of drug-likeness (QED) is 0.475. The fourth-order valence-electron chi connectivity index (χ4n) is 1.62. The van der Waals surface area contributed by atoms with Gasteiger partial charge in [0.25, 0.3) is 0 Å². The number of Topliss-reactive ketones (excluding diaryl/α,β-unsaturated/α-hetero) is 1. The van der Waals surface area contributed by atoms with Gasteiger partial charge in [-0.3, -0.25) is 4.79 Å². The molecule has 0 aromatic heterocycles. The number of ketones is 1. The molecule has 0 spiro atoms. The number of carbonyl (C=O) groups excluding carboxylic acids is 2. The summed E-state index contributed by atoms with van der Waals surface area (Å²) in [6.45, 7) is 5.78. The fraction of sp³-hybridized carbons (Fsp3) is 0.429. The van der Waals surface area contributed by atoms with Crippen molar-refractivity contribution in [2.45, 2.75) is 32.0 Å². The number of esters is 1. The molecule has 0 saturated carbocycles. The van der Waals surface area contributed by atoms with Crippen molar-refractivity contribution < 1.29 is 14.3 Å². The van der Waals surface area contributed by atoms with Crippen LogP contribution in [0.1, 0.15) is 47.1 Å². The molecule has 0 heterocycles. The normalized spacial score (nSPS) is 12.0. The third kappa shape index (κ3) is 3.42. The smallest absolute Gasteiger partial charge is 0.338 e. The van der Waals surface area contributed by atoms with Crippen LogP contribution in [0.3, 0.4) is 0 Å². The average molecular weight is 313 g/mol. The third-order valence-corrected chi connectivity index (χ3v) is 3.03. The lowest BCUT2D eigenvalue weighted by atomic mass is 9.98. The molecular weight excluding hydrogens is 296 g/mol. The lowest BCUT2D eigenvalue weighted by molar-refractivity contribution is 0.0523. The first-order valence-electron chi connectivity index (χ1n) is 5.99. The van der Waals surface area contributed by atoms with Gasteiger partial charge in [-0.1, -0.05) is 35.0 Å². The SMILES string of the molecule is CCOC(=O)c1cc(CC)ccc1C(=O)C(C)Br. The monoisotopic (exact) mass is 312 g/mol. The predicted molar refractivity (Wildman–Crippen MR) is 74.5 cm³/mol. The van der Waals surface area contributed by atoms with Crippen LogP contribution in [0, 0.1) is 0 Å². The van der Waals surface area contributed by atoms with Gasteiger partial charge in [-0.05, 0) is 31.9 Å². The van der Waals surface area contributed by atoms with Crippen LogP contribution in [0.25, 0.3) is 0 Å². The van der Waals surface area contributed by atoms with Crippen molar-refractivity contribution in [2.24, 2.45) is 0 Å². The number of hydrogen-bond acceptors (Lipinski definition) is 3. The summed E-state index contributed by atoms with van der Waals surface area (Å²) in [5.74, 6) is -0.551. The second kappa shape index (κ2) is 6.69. The average Bonchev–Trinajstić information content (AvgIpc) is 2.37. The summed E-state index contributed by atoms with van der Waals surface area (Å²) >= 11 is 3.23. The lowest BCUT2D eigenvalue weighted by Crippen LogP contribution is -2.17. The number of aryl methyl sites for hydroxylation is 1. The van der Waals surface area contributed by atoms with E-state index in [9.17, 15) is 9.59 Å². The van der Waals surface area contributed by atoms with E-state index in [1.165, 1.54) is 0 Å². The highest BCUT2D eigenvalue weighted by Crippen LogP contribution is 2.18. The van der Waals surface area contributed by atoms with E-state index in [-0.39, 0.29) is 10.6 Å². The maximum Gasteiger partial charge on any atom is 0.338 e. The van der Waals surface area contributed by atoms with Crippen LogP contribution < -0.4 is 0 Å². The molecule has 0 fully saturated rings. The molecule has 1 aromatic rings. The lowest BCUT2D eigenvalue weighted by Gasteiger charge is -2.11. The molecule has 18 heavy (non-hydrogen) atoms. The van der Waals surface area contributed by atoms with Crippen molar-refractivity contribution >= 4 is 27.7 Å². The summed E-state index contributed by atoms with van der Waals surface area (Å²) in [5.41, 5.74) is 1.78. The zero-order chi connectivity index (χ0) is 13.7. The van der Waals surface area contributed by atoms with Gasteiger partial charge >= 0.3 is 5.97 Å². The summed E-state index contributed by atoms with van der Waals surface area (Å²) in [6, 6.07) is 5.30. The molecule has 3 nitrogen and oxygen atoms in total. The molecule has 0 amide bonds. The van der Waals surface area contributed by atoms with Crippen LogP contribution in [0.5, 0.6) is 0 Å². The van der Waals surface area contributed by atoms with Crippen LogP contribution in [0.2, 0.25) is 0 Å². The second-order valence-corrected chi connectivity index (χ2v) is 5.31. The largest absolute Gasteiger partial charge is 0.462 e. The Morgan fingerprint density at radius 1 is 1.28 bits per heavy atom. The summed E-state index contributed by atoms with van der Waals surface area (Å²) in [5, 5.41) is 0. The Morgan fingerprint density at radius 3 is 2.44 bits per heavy atom. The van der Waals surface area contributed by atoms with E-state index in [2.05, 4.69) is 15.9 Å². The zero-order valence-corrected chi connectivity index (χ0v) is 12.4. The molecule has 0 aliphatic heterocycles. The molecule has 0 aliphatic rings. The van der Waals surface area contributed by atoms with Crippen molar-refractivity contribution in [3.05, 3.63) is 34.9 Å². The first-order valence-corrected chi connectivity index (χ1v) is 6.91. The summed E-state index contributed by atoms with van der Waals surface area (Å²) in [4.78, 5) is 23.6. The van der Waals surface area contributed by atoms with Gasteiger partial charge in [-0.25, -0.2) is 4.79 Å². The highest BCUT2D eigenvalue weighted by Gasteiger charge is 2.21. The van der Waals surface area contributed by atoms with Gasteiger partial charge in [0.15, 0.2) is 5.78 Å². The first kappa shape index (κ1) is 14.9. The Labute approximate surface area is 116 Å². The minimum absolute atomic E-state index is 0.110. The summed E-state index contributed by atoms with van der Waals surface area (Å²) in [7, 11) is 0. The van der Waals surface area contributed by atoms with E-state index in [1.54, 1.807) is 26.0 Å². The number of benzene rings is 1. The highest BCUT2D eigenvalue weighted by molar-refractivity contribution is 9.10. The fourth-order valence-corrected chi connectivity index (χ4v) is 1.86. The Bertz CT molecular complexity index is 452. The van der Waals surface area contributed by atoms with Gasteiger partial charge in [0, 0.05) is 5.56 Å². The van der Waals surface area contributed by atoms with E-state index >= 15 is 0 Å². The van der Waals surface area contributed by atoms with Gasteiger partial charge < -0.3 is 4.74 Å².